The van der Waals surface area contributed by atoms with Gasteiger partial charge in [0.05, 0.1) is 17.6 Å². The van der Waals surface area contributed by atoms with Gasteiger partial charge >= 0.3 is 0 Å². The molecule has 1 atom stereocenters. The highest BCUT2D eigenvalue weighted by molar-refractivity contribution is 5.77. The van der Waals surface area contributed by atoms with Gasteiger partial charge in [-0.1, -0.05) is 24.3 Å². The van der Waals surface area contributed by atoms with Gasteiger partial charge in [0.15, 0.2) is 11.5 Å². The minimum atomic E-state index is -0.0342. The molecule has 0 saturated carbocycles. The molecule has 5 heteroatoms. The molecule has 21 heavy (non-hydrogen) atoms. The number of ether oxygens (including phenoxy) is 2. The maximum Gasteiger partial charge on any atom is 0.201 e. The molecular formula is C16H15N3O2. The summed E-state index contributed by atoms with van der Waals surface area (Å²) in [6.07, 6.45) is -0.0342. The Bertz CT molecular complexity index is 736. The number of benzene rings is 2. The number of nitrogens with zero attached hydrogens (tertiary/aromatic N) is 1. The number of H-pyrrole nitrogens is 1. The van der Waals surface area contributed by atoms with Crippen LogP contribution in [0.15, 0.2) is 48.5 Å². The summed E-state index contributed by atoms with van der Waals surface area (Å²) in [4.78, 5) is 7.71. The lowest BCUT2D eigenvalue weighted by Gasteiger charge is -2.26. The molecule has 0 fully saturated rings. The Morgan fingerprint density at radius 2 is 1.90 bits per heavy atom. The topological polar surface area (TPSA) is 59.2 Å². The van der Waals surface area contributed by atoms with Crippen molar-refractivity contribution in [3.05, 3.63) is 48.5 Å². The van der Waals surface area contributed by atoms with E-state index in [2.05, 4.69) is 15.3 Å². The van der Waals surface area contributed by atoms with Crippen LogP contribution in [0.2, 0.25) is 0 Å². The van der Waals surface area contributed by atoms with E-state index in [0.29, 0.717) is 13.2 Å². The van der Waals surface area contributed by atoms with E-state index >= 15 is 0 Å². The van der Waals surface area contributed by atoms with Crippen LogP contribution in [0, 0.1) is 0 Å². The molecular weight excluding hydrogens is 266 g/mol. The van der Waals surface area contributed by atoms with E-state index in [1.807, 2.05) is 48.5 Å². The van der Waals surface area contributed by atoms with E-state index in [4.69, 9.17) is 9.47 Å². The molecule has 0 radical (unpaired) electrons. The van der Waals surface area contributed by atoms with Crippen LogP contribution < -0.4 is 14.8 Å². The summed E-state index contributed by atoms with van der Waals surface area (Å²) < 4.78 is 11.6. The van der Waals surface area contributed by atoms with Crippen LogP contribution in [-0.4, -0.2) is 29.2 Å². The summed E-state index contributed by atoms with van der Waals surface area (Å²) in [5, 5.41) is 3.26. The lowest BCUT2D eigenvalue weighted by Crippen LogP contribution is -2.35. The van der Waals surface area contributed by atoms with E-state index in [-0.39, 0.29) is 6.10 Å². The second-order valence-electron chi connectivity index (χ2n) is 4.98. The Morgan fingerprint density at radius 1 is 1.10 bits per heavy atom. The highest BCUT2D eigenvalue weighted by Crippen LogP contribution is 2.30. The third kappa shape index (κ3) is 2.38. The Kier molecular flexibility index (Phi) is 2.88. The molecule has 1 aromatic heterocycles. The Morgan fingerprint density at radius 3 is 2.81 bits per heavy atom. The zero-order chi connectivity index (χ0) is 14.1. The number of hydrogen-bond acceptors (Lipinski definition) is 4. The fourth-order valence-electron chi connectivity index (χ4n) is 2.41. The molecule has 2 aromatic carbocycles. The summed E-state index contributed by atoms with van der Waals surface area (Å²) in [6.45, 7) is 1.17. The van der Waals surface area contributed by atoms with Crippen LogP contribution in [0.3, 0.4) is 0 Å². The fraction of sp³-hybridized carbons (Fsp3) is 0.188. The molecule has 1 aliphatic rings. The van der Waals surface area contributed by atoms with Crippen LogP contribution in [0.1, 0.15) is 0 Å². The van der Waals surface area contributed by atoms with Crippen molar-refractivity contribution in [2.24, 2.45) is 0 Å². The minimum absolute atomic E-state index is 0.0342. The molecule has 5 nitrogen and oxygen atoms in total. The molecule has 2 N–H and O–H groups in total. The molecule has 0 amide bonds. The number of imidazole rings is 1. The normalized spacial score (nSPS) is 16.9. The van der Waals surface area contributed by atoms with Crippen LogP contribution in [0.25, 0.3) is 11.0 Å². The van der Waals surface area contributed by atoms with Gasteiger partial charge in [-0.3, -0.25) is 0 Å². The summed E-state index contributed by atoms with van der Waals surface area (Å²) in [5.41, 5.74) is 1.97. The zero-order valence-electron chi connectivity index (χ0n) is 11.4. The van der Waals surface area contributed by atoms with Crippen LogP contribution in [0.4, 0.5) is 5.95 Å². The van der Waals surface area contributed by atoms with Crippen molar-refractivity contribution in [3.8, 4) is 11.5 Å². The number of nitrogens with one attached hydrogen (secondary N) is 2. The predicted molar refractivity (Wildman–Crippen MR) is 80.9 cm³/mol. The number of hydrogen-bond donors (Lipinski definition) is 2. The van der Waals surface area contributed by atoms with Crippen molar-refractivity contribution in [1.29, 1.82) is 0 Å². The van der Waals surface area contributed by atoms with Gasteiger partial charge in [0.2, 0.25) is 5.95 Å². The second-order valence-corrected chi connectivity index (χ2v) is 4.98. The largest absolute Gasteiger partial charge is 0.486 e. The molecule has 3 aromatic rings. The number of anilines is 1. The van der Waals surface area contributed by atoms with Crippen molar-refractivity contribution in [3.63, 3.8) is 0 Å². The molecule has 0 saturated heterocycles. The average molecular weight is 281 g/mol. The number of aromatic amines is 1. The highest BCUT2D eigenvalue weighted by atomic mass is 16.6. The van der Waals surface area contributed by atoms with Gasteiger partial charge in [0, 0.05) is 0 Å². The zero-order valence-corrected chi connectivity index (χ0v) is 11.4. The molecule has 0 spiro atoms. The molecule has 4 rings (SSSR count). The molecule has 0 bridgehead atoms. The maximum absolute atomic E-state index is 5.90. The predicted octanol–water partition coefficient (Wildman–Crippen LogP) is 2.81. The van der Waals surface area contributed by atoms with E-state index in [1.165, 1.54) is 0 Å². The first-order valence-electron chi connectivity index (χ1n) is 6.95. The standard InChI is InChI=1S/C16H15N3O2/c1-2-6-13-12(5-1)18-16(19-13)17-9-11-10-20-14-7-3-4-8-15(14)21-11/h1-8,11H,9-10H2,(H2,17,18,19). The van der Waals surface area contributed by atoms with Gasteiger partial charge in [0.1, 0.15) is 12.7 Å². The SMILES string of the molecule is c1ccc2c(c1)OCC(CNc1nc3ccccc3[nH]1)O2. The molecule has 1 unspecified atom stereocenters. The van der Waals surface area contributed by atoms with Crippen molar-refractivity contribution in [1.82, 2.24) is 9.97 Å². The Labute approximate surface area is 121 Å². The smallest absolute Gasteiger partial charge is 0.201 e. The number of rotatable bonds is 3. The Balaban J connectivity index is 1.43. The molecule has 0 aliphatic carbocycles. The van der Waals surface area contributed by atoms with Crippen molar-refractivity contribution in [2.45, 2.75) is 6.10 Å². The first kappa shape index (κ1) is 12.1. The first-order valence-corrected chi connectivity index (χ1v) is 6.95. The van der Waals surface area contributed by atoms with Crippen LogP contribution in [0.5, 0.6) is 11.5 Å². The summed E-state index contributed by atoms with van der Waals surface area (Å²) in [6, 6.07) is 15.7. The highest BCUT2D eigenvalue weighted by Gasteiger charge is 2.20. The van der Waals surface area contributed by atoms with Crippen molar-refractivity contribution >= 4 is 17.0 Å². The molecule has 1 aliphatic heterocycles. The van der Waals surface area contributed by atoms with Gasteiger partial charge in [-0.15, -0.1) is 0 Å². The summed E-state index contributed by atoms with van der Waals surface area (Å²) in [5.74, 6) is 2.34. The fourth-order valence-corrected chi connectivity index (χ4v) is 2.41. The van der Waals surface area contributed by atoms with E-state index in [0.717, 1.165) is 28.5 Å². The summed E-state index contributed by atoms with van der Waals surface area (Å²) in [7, 11) is 0. The second kappa shape index (κ2) is 5.01. The van der Waals surface area contributed by atoms with Gasteiger partial charge in [0.25, 0.3) is 0 Å². The van der Waals surface area contributed by atoms with Crippen LogP contribution in [-0.2, 0) is 0 Å². The number of para-hydroxylation sites is 4. The van der Waals surface area contributed by atoms with Gasteiger partial charge in [-0.2, -0.15) is 0 Å². The lowest BCUT2D eigenvalue weighted by atomic mass is 10.2. The maximum atomic E-state index is 5.90. The summed E-state index contributed by atoms with van der Waals surface area (Å²) >= 11 is 0. The van der Waals surface area contributed by atoms with Crippen molar-refractivity contribution in [2.75, 3.05) is 18.5 Å². The molecule has 106 valence electrons. The Hall–Kier alpha value is -2.69. The number of aromatic nitrogens is 2. The first-order chi connectivity index (χ1) is 10.4. The lowest BCUT2D eigenvalue weighted by molar-refractivity contribution is 0.0996. The third-order valence-electron chi connectivity index (χ3n) is 3.45. The monoisotopic (exact) mass is 281 g/mol. The van der Waals surface area contributed by atoms with E-state index in [1.54, 1.807) is 0 Å². The van der Waals surface area contributed by atoms with Gasteiger partial charge < -0.3 is 19.8 Å². The minimum Gasteiger partial charge on any atom is -0.486 e. The average Bonchev–Trinajstić information content (AvgIpc) is 2.95. The number of fused-ring (bicyclic) bond motifs is 2. The van der Waals surface area contributed by atoms with Gasteiger partial charge in [-0.25, -0.2) is 4.98 Å². The van der Waals surface area contributed by atoms with Gasteiger partial charge in [-0.05, 0) is 24.3 Å². The molecule has 2 heterocycles. The quantitative estimate of drug-likeness (QED) is 0.775. The van der Waals surface area contributed by atoms with Crippen molar-refractivity contribution < 1.29 is 9.47 Å². The van der Waals surface area contributed by atoms with Crippen LogP contribution >= 0.6 is 0 Å². The van der Waals surface area contributed by atoms with E-state index < -0.39 is 0 Å². The van der Waals surface area contributed by atoms with E-state index in [9.17, 15) is 0 Å². The third-order valence-corrected chi connectivity index (χ3v) is 3.45.